The third kappa shape index (κ3) is 8.26. The zero-order valence-electron chi connectivity index (χ0n) is 9.00. The van der Waals surface area contributed by atoms with Gasteiger partial charge in [-0.2, -0.15) is 0 Å². The van der Waals surface area contributed by atoms with E-state index in [4.69, 9.17) is 0 Å². The Bertz CT molecular complexity index is 104. The van der Waals surface area contributed by atoms with E-state index in [2.05, 4.69) is 6.92 Å². The molecule has 2 N–H and O–H groups in total. The summed E-state index contributed by atoms with van der Waals surface area (Å²) < 4.78 is 0. The van der Waals surface area contributed by atoms with Crippen LogP contribution in [0.25, 0.3) is 0 Å². The third-order valence-corrected chi connectivity index (χ3v) is 2.41. The number of aliphatic hydroxyl groups is 2. The molecule has 2 atom stereocenters. The maximum absolute atomic E-state index is 9.49. The molecule has 0 radical (unpaired) electrons. The van der Waals surface area contributed by atoms with Crippen LogP contribution in [0.3, 0.4) is 0 Å². The first-order valence-electron chi connectivity index (χ1n) is 5.56. The molecule has 2 heteroatoms. The van der Waals surface area contributed by atoms with Gasteiger partial charge in [0.1, 0.15) is 0 Å². The summed E-state index contributed by atoms with van der Waals surface area (Å²) in [5, 5.41) is 18.8. The number of unbranched alkanes of at least 4 members (excludes halogenated alkanes) is 3. The molecule has 0 saturated carbocycles. The molecule has 0 aromatic carbocycles. The SMILES string of the molecule is CCCCCC[C@@H](O)C[C@H](O)CC. The number of aliphatic hydroxyl groups excluding tert-OH is 2. The van der Waals surface area contributed by atoms with Crippen LogP contribution in [-0.4, -0.2) is 22.4 Å². The van der Waals surface area contributed by atoms with Crippen LogP contribution in [0.1, 0.15) is 58.8 Å². The first-order chi connectivity index (χ1) is 6.20. The molecule has 13 heavy (non-hydrogen) atoms. The molecule has 0 aliphatic carbocycles. The summed E-state index contributed by atoms with van der Waals surface area (Å²) in [4.78, 5) is 0. The zero-order chi connectivity index (χ0) is 10.1. The second kappa shape index (κ2) is 8.52. The molecule has 0 bridgehead atoms. The van der Waals surface area contributed by atoms with Crippen LogP contribution in [0.5, 0.6) is 0 Å². The van der Waals surface area contributed by atoms with E-state index in [9.17, 15) is 10.2 Å². The van der Waals surface area contributed by atoms with E-state index >= 15 is 0 Å². The average molecular weight is 188 g/mol. The van der Waals surface area contributed by atoms with Crippen molar-refractivity contribution in [3.05, 3.63) is 0 Å². The van der Waals surface area contributed by atoms with Gasteiger partial charge in [-0.15, -0.1) is 0 Å². The number of hydrogen-bond acceptors (Lipinski definition) is 2. The second-order valence-corrected chi connectivity index (χ2v) is 3.80. The van der Waals surface area contributed by atoms with Gasteiger partial charge in [-0.3, -0.25) is 0 Å². The molecule has 80 valence electrons. The van der Waals surface area contributed by atoms with Crippen molar-refractivity contribution in [3.8, 4) is 0 Å². The largest absolute Gasteiger partial charge is 0.393 e. The fourth-order valence-electron chi connectivity index (χ4n) is 1.41. The van der Waals surface area contributed by atoms with Gasteiger partial charge in [-0.1, -0.05) is 39.5 Å². The maximum Gasteiger partial charge on any atom is 0.0564 e. The van der Waals surface area contributed by atoms with Crippen molar-refractivity contribution < 1.29 is 10.2 Å². The Morgan fingerprint density at radius 1 is 0.923 bits per heavy atom. The Balaban J connectivity index is 3.24. The fourth-order valence-corrected chi connectivity index (χ4v) is 1.41. The van der Waals surface area contributed by atoms with E-state index in [-0.39, 0.29) is 12.2 Å². The third-order valence-electron chi connectivity index (χ3n) is 2.41. The van der Waals surface area contributed by atoms with Crippen molar-refractivity contribution in [2.75, 3.05) is 0 Å². The number of hydrogen-bond donors (Lipinski definition) is 2. The van der Waals surface area contributed by atoms with Gasteiger partial charge in [0.2, 0.25) is 0 Å². The van der Waals surface area contributed by atoms with Crippen LogP contribution in [0.4, 0.5) is 0 Å². The van der Waals surface area contributed by atoms with E-state index in [1.54, 1.807) is 0 Å². The highest BCUT2D eigenvalue weighted by Crippen LogP contribution is 2.10. The predicted octanol–water partition coefficient (Wildman–Crippen LogP) is 2.48. The lowest BCUT2D eigenvalue weighted by Crippen LogP contribution is -2.16. The van der Waals surface area contributed by atoms with Gasteiger partial charge in [-0.05, 0) is 19.3 Å². The Labute approximate surface area is 82.0 Å². The van der Waals surface area contributed by atoms with E-state index in [0.29, 0.717) is 6.42 Å². The van der Waals surface area contributed by atoms with Crippen LogP contribution in [0.2, 0.25) is 0 Å². The molecule has 0 amide bonds. The van der Waals surface area contributed by atoms with E-state index in [0.717, 1.165) is 19.3 Å². The Hall–Kier alpha value is -0.0800. The van der Waals surface area contributed by atoms with Gasteiger partial charge in [0.15, 0.2) is 0 Å². The van der Waals surface area contributed by atoms with Crippen molar-refractivity contribution in [1.82, 2.24) is 0 Å². The molecule has 0 fully saturated rings. The van der Waals surface area contributed by atoms with Gasteiger partial charge in [0.05, 0.1) is 12.2 Å². The quantitative estimate of drug-likeness (QED) is 0.574. The Kier molecular flexibility index (Phi) is 8.46. The molecule has 0 heterocycles. The summed E-state index contributed by atoms with van der Waals surface area (Å²) >= 11 is 0. The average Bonchev–Trinajstić information content (AvgIpc) is 2.12. The highest BCUT2D eigenvalue weighted by atomic mass is 16.3. The lowest BCUT2D eigenvalue weighted by Gasteiger charge is -2.13. The van der Waals surface area contributed by atoms with Crippen molar-refractivity contribution >= 4 is 0 Å². The summed E-state index contributed by atoms with van der Waals surface area (Å²) in [7, 11) is 0. The summed E-state index contributed by atoms with van der Waals surface area (Å²) in [5.41, 5.74) is 0. The molecule has 0 aromatic heterocycles. The lowest BCUT2D eigenvalue weighted by atomic mass is 10.0. The van der Waals surface area contributed by atoms with Gasteiger partial charge in [0.25, 0.3) is 0 Å². The highest BCUT2D eigenvalue weighted by molar-refractivity contribution is 4.62. The zero-order valence-corrected chi connectivity index (χ0v) is 9.00. The topological polar surface area (TPSA) is 40.5 Å². The normalized spacial score (nSPS) is 15.7. The molecule has 2 nitrogen and oxygen atoms in total. The van der Waals surface area contributed by atoms with Gasteiger partial charge in [0, 0.05) is 0 Å². The van der Waals surface area contributed by atoms with Crippen molar-refractivity contribution in [3.63, 3.8) is 0 Å². The molecule has 0 aliphatic rings. The van der Waals surface area contributed by atoms with E-state index in [1.807, 2.05) is 6.92 Å². The van der Waals surface area contributed by atoms with Crippen LogP contribution in [-0.2, 0) is 0 Å². The second-order valence-electron chi connectivity index (χ2n) is 3.80. The van der Waals surface area contributed by atoms with Gasteiger partial charge < -0.3 is 10.2 Å². The molecular formula is C11H24O2. The van der Waals surface area contributed by atoms with Crippen LogP contribution >= 0.6 is 0 Å². The number of rotatable bonds is 8. The maximum atomic E-state index is 9.49. The molecule has 0 unspecified atom stereocenters. The van der Waals surface area contributed by atoms with Gasteiger partial charge in [-0.25, -0.2) is 0 Å². The van der Waals surface area contributed by atoms with Crippen LogP contribution in [0, 0.1) is 0 Å². The monoisotopic (exact) mass is 188 g/mol. The molecule has 0 rings (SSSR count). The molecule has 0 spiro atoms. The van der Waals surface area contributed by atoms with Crippen molar-refractivity contribution in [1.29, 1.82) is 0 Å². The van der Waals surface area contributed by atoms with E-state index < -0.39 is 0 Å². The standard InChI is InChI=1S/C11H24O2/c1-3-5-6-7-8-11(13)9-10(12)4-2/h10-13H,3-9H2,1-2H3/t10-,11-/m1/s1. The van der Waals surface area contributed by atoms with E-state index in [1.165, 1.54) is 19.3 Å². The minimum absolute atomic E-state index is 0.299. The minimum Gasteiger partial charge on any atom is -0.393 e. The highest BCUT2D eigenvalue weighted by Gasteiger charge is 2.09. The first-order valence-corrected chi connectivity index (χ1v) is 5.56. The summed E-state index contributed by atoms with van der Waals surface area (Å²) in [6, 6.07) is 0. The van der Waals surface area contributed by atoms with Crippen LogP contribution in [0.15, 0.2) is 0 Å². The lowest BCUT2D eigenvalue weighted by molar-refractivity contribution is 0.0722. The Morgan fingerprint density at radius 2 is 1.62 bits per heavy atom. The van der Waals surface area contributed by atoms with Crippen LogP contribution < -0.4 is 0 Å². The summed E-state index contributed by atoms with van der Waals surface area (Å²) in [6.45, 7) is 4.12. The molecular weight excluding hydrogens is 164 g/mol. The summed E-state index contributed by atoms with van der Waals surface area (Å²) in [5.74, 6) is 0. The van der Waals surface area contributed by atoms with Gasteiger partial charge >= 0.3 is 0 Å². The first kappa shape index (κ1) is 12.9. The molecule has 0 saturated heterocycles. The van der Waals surface area contributed by atoms with Crippen molar-refractivity contribution in [2.24, 2.45) is 0 Å². The predicted molar refractivity (Wildman–Crippen MR) is 55.7 cm³/mol. The fraction of sp³-hybridized carbons (Fsp3) is 1.00. The minimum atomic E-state index is -0.318. The smallest absolute Gasteiger partial charge is 0.0564 e. The summed E-state index contributed by atoms with van der Waals surface area (Å²) in [6.07, 6.45) is 6.29. The van der Waals surface area contributed by atoms with Crippen molar-refractivity contribution in [2.45, 2.75) is 71.0 Å². The molecule has 0 aliphatic heterocycles. The Morgan fingerprint density at radius 3 is 2.15 bits per heavy atom. The molecule has 0 aromatic rings.